The third-order valence-electron chi connectivity index (χ3n) is 0.827. The zero-order chi connectivity index (χ0) is 9.54. The normalized spacial score (nSPS) is 9.00. The molecular formula is C7H8Cl2O4Ru. The summed E-state index contributed by atoms with van der Waals surface area (Å²) >= 11 is 0. The predicted molar refractivity (Wildman–Crippen MR) is 31.8 cm³/mol. The number of halogens is 2. The molecule has 1 heterocycles. The molecule has 0 aromatic rings. The smallest absolute Gasteiger partial charge is 1.00 e. The molecule has 1 aliphatic heterocycles. The number of hydrogen-bond donors (Lipinski definition) is 0. The Bertz CT molecular complexity index is 90.1. The Kier molecular flexibility index (Phi) is 185. The van der Waals surface area contributed by atoms with Gasteiger partial charge in [-0.05, 0) is 12.8 Å². The van der Waals surface area contributed by atoms with Gasteiger partial charge in [-0.3, -0.25) is 0 Å². The van der Waals surface area contributed by atoms with Gasteiger partial charge in [-0.2, -0.15) is 0 Å². The number of hydrogen-bond acceptors (Lipinski definition) is 1. The molecule has 0 aliphatic carbocycles. The van der Waals surface area contributed by atoms with E-state index >= 15 is 0 Å². The molecule has 0 saturated carbocycles. The van der Waals surface area contributed by atoms with Gasteiger partial charge in [0.25, 0.3) is 0 Å². The second-order valence-electron chi connectivity index (χ2n) is 1.32. The fourth-order valence-corrected chi connectivity index (χ4v) is 0.510. The Morgan fingerprint density at radius 2 is 0.929 bits per heavy atom. The summed E-state index contributed by atoms with van der Waals surface area (Å²) in [4.78, 5) is 0. The number of rotatable bonds is 0. The largest absolute Gasteiger partial charge is 2.00 e. The molecule has 4 nitrogen and oxygen atoms in total. The Labute approximate surface area is 109 Å². The Morgan fingerprint density at radius 1 is 0.714 bits per heavy atom. The SMILES string of the molecule is C1CCOC1.[C-]#[O+].[C-]#[O+].[C-]#[O+].[Cl-].[Cl-].[Ru+2]. The van der Waals surface area contributed by atoms with Crippen molar-refractivity contribution in [3.8, 4) is 0 Å². The molecular weight excluding hydrogens is 320 g/mol. The molecule has 0 aromatic carbocycles. The van der Waals surface area contributed by atoms with E-state index in [2.05, 4.69) is 20.0 Å². The second kappa shape index (κ2) is 70.8. The average Bonchev–Trinajstić information content (AvgIpc) is 2.71. The van der Waals surface area contributed by atoms with Crippen LogP contribution in [0.3, 0.4) is 0 Å². The van der Waals surface area contributed by atoms with Crippen LogP contribution in [-0.2, 0) is 38.2 Å². The molecule has 0 amide bonds. The van der Waals surface area contributed by atoms with Crippen LogP contribution in [0.25, 0.3) is 0 Å². The molecule has 14 heavy (non-hydrogen) atoms. The van der Waals surface area contributed by atoms with Crippen molar-refractivity contribution in [1.29, 1.82) is 0 Å². The minimum atomic E-state index is 0. The first-order chi connectivity index (χ1) is 5.50. The van der Waals surface area contributed by atoms with E-state index in [1.54, 1.807) is 0 Å². The molecule has 0 N–H and O–H groups in total. The summed E-state index contributed by atoms with van der Waals surface area (Å²) in [7, 11) is 0. The van der Waals surface area contributed by atoms with Crippen molar-refractivity contribution in [2.75, 3.05) is 13.2 Å². The maximum absolute atomic E-state index is 7.50. The van der Waals surface area contributed by atoms with E-state index in [0.717, 1.165) is 13.2 Å². The molecule has 0 bridgehead atoms. The molecule has 1 fully saturated rings. The van der Waals surface area contributed by atoms with Gasteiger partial charge < -0.3 is 29.6 Å². The van der Waals surface area contributed by atoms with Gasteiger partial charge in [-0.1, -0.05) is 0 Å². The van der Waals surface area contributed by atoms with Crippen LogP contribution in [0.5, 0.6) is 0 Å². The van der Waals surface area contributed by atoms with Crippen molar-refractivity contribution >= 4 is 0 Å². The van der Waals surface area contributed by atoms with Crippen molar-refractivity contribution in [3.05, 3.63) is 20.0 Å². The standard InChI is InChI=1S/C4H8O.3CO.2ClH.Ru/c1-2-4-5-3-1;3*1-2;;;/h1-4H2;;;;2*1H;/q;;;;;;+2/p-2. The van der Waals surface area contributed by atoms with Crippen LogP contribution in [0.4, 0.5) is 0 Å². The van der Waals surface area contributed by atoms with Gasteiger partial charge in [0.1, 0.15) is 0 Å². The van der Waals surface area contributed by atoms with Crippen LogP contribution in [0.2, 0.25) is 0 Å². The van der Waals surface area contributed by atoms with Crippen molar-refractivity contribution in [2.24, 2.45) is 0 Å². The summed E-state index contributed by atoms with van der Waals surface area (Å²) in [6.45, 7) is 15.5. The topological polar surface area (TPSA) is 68.9 Å². The van der Waals surface area contributed by atoms with Crippen LogP contribution >= 0.6 is 0 Å². The van der Waals surface area contributed by atoms with Gasteiger partial charge in [-0.15, -0.1) is 0 Å². The molecule has 1 rings (SSSR count). The third-order valence-corrected chi connectivity index (χ3v) is 0.827. The van der Waals surface area contributed by atoms with Gasteiger partial charge in [-0.25, -0.2) is 0 Å². The minimum absolute atomic E-state index is 0. The van der Waals surface area contributed by atoms with Crippen LogP contribution < -0.4 is 24.8 Å². The maximum Gasteiger partial charge on any atom is 2.00 e. The quantitative estimate of drug-likeness (QED) is 0.249. The molecule has 82 valence electrons. The third kappa shape index (κ3) is 55.4. The Balaban J connectivity index is -0.0000000161. The molecule has 1 saturated heterocycles. The zero-order valence-electron chi connectivity index (χ0n) is 7.07. The molecule has 0 atom stereocenters. The molecule has 7 heteroatoms. The van der Waals surface area contributed by atoms with E-state index in [4.69, 9.17) is 18.7 Å². The number of ether oxygens (including phenoxy) is 1. The second-order valence-corrected chi connectivity index (χ2v) is 1.32. The first-order valence-corrected chi connectivity index (χ1v) is 2.69. The van der Waals surface area contributed by atoms with E-state index in [9.17, 15) is 0 Å². The van der Waals surface area contributed by atoms with Crippen molar-refractivity contribution in [1.82, 2.24) is 0 Å². The van der Waals surface area contributed by atoms with Gasteiger partial charge >= 0.3 is 53.4 Å². The van der Waals surface area contributed by atoms with Crippen molar-refractivity contribution in [2.45, 2.75) is 12.8 Å². The van der Waals surface area contributed by atoms with Crippen LogP contribution in [0.1, 0.15) is 12.8 Å². The van der Waals surface area contributed by atoms with Gasteiger partial charge in [0.15, 0.2) is 0 Å². The van der Waals surface area contributed by atoms with Gasteiger partial charge in [0, 0.05) is 13.2 Å². The Hall–Kier alpha value is 0.383. The van der Waals surface area contributed by atoms with Crippen molar-refractivity contribution in [3.63, 3.8) is 0 Å². The molecule has 0 unspecified atom stereocenters. The first-order valence-electron chi connectivity index (χ1n) is 2.69. The predicted octanol–water partition coefficient (Wildman–Crippen LogP) is -5.31. The Morgan fingerprint density at radius 3 is 1.00 bits per heavy atom. The van der Waals surface area contributed by atoms with Gasteiger partial charge in [0.2, 0.25) is 0 Å². The molecule has 0 spiro atoms. The van der Waals surface area contributed by atoms with Crippen LogP contribution in [-0.4, -0.2) is 13.2 Å². The summed E-state index contributed by atoms with van der Waals surface area (Å²) in [5.41, 5.74) is 0. The summed E-state index contributed by atoms with van der Waals surface area (Å²) in [5.74, 6) is 0. The fourth-order valence-electron chi connectivity index (χ4n) is 0.510. The molecule has 1 aliphatic rings. The minimum Gasteiger partial charge on any atom is -1.00 e. The molecule has 0 radical (unpaired) electrons. The molecule has 0 aromatic heterocycles. The van der Waals surface area contributed by atoms with Crippen LogP contribution in [0.15, 0.2) is 0 Å². The van der Waals surface area contributed by atoms with Crippen molar-refractivity contribution < 1.29 is 63.0 Å². The zero-order valence-corrected chi connectivity index (χ0v) is 10.3. The van der Waals surface area contributed by atoms with Gasteiger partial charge in [0.05, 0.1) is 0 Å². The fraction of sp³-hybridized carbons (Fsp3) is 0.571. The maximum atomic E-state index is 7.50. The van der Waals surface area contributed by atoms with E-state index in [1.165, 1.54) is 12.8 Å². The monoisotopic (exact) mass is 328 g/mol. The average molecular weight is 328 g/mol. The van der Waals surface area contributed by atoms with E-state index in [1.807, 2.05) is 0 Å². The summed E-state index contributed by atoms with van der Waals surface area (Å²) in [6, 6.07) is 0. The summed E-state index contributed by atoms with van der Waals surface area (Å²) in [6.07, 6.45) is 2.56. The summed E-state index contributed by atoms with van der Waals surface area (Å²) in [5, 5.41) is 0. The summed E-state index contributed by atoms with van der Waals surface area (Å²) < 4.78 is 27.4. The van der Waals surface area contributed by atoms with E-state index in [0.29, 0.717) is 0 Å². The first kappa shape index (κ1) is 36.7. The van der Waals surface area contributed by atoms with E-state index < -0.39 is 0 Å². The van der Waals surface area contributed by atoms with Crippen LogP contribution in [0, 0.1) is 20.0 Å². The van der Waals surface area contributed by atoms with E-state index in [-0.39, 0.29) is 44.3 Å².